The number of rotatable bonds is 5. The molecule has 2 atom stereocenters. The van der Waals surface area contributed by atoms with Crippen LogP contribution in [-0.4, -0.2) is 22.0 Å². The molecule has 1 aliphatic carbocycles. The first kappa shape index (κ1) is 12.9. The van der Waals surface area contributed by atoms with E-state index in [0.29, 0.717) is 5.01 Å². The number of carboxylic acids is 1. The van der Waals surface area contributed by atoms with Crippen molar-refractivity contribution in [2.24, 2.45) is 5.92 Å². The summed E-state index contributed by atoms with van der Waals surface area (Å²) in [6.07, 6.45) is 2.39. The number of carbonyl (C=O) groups is 2. The second-order valence-electron chi connectivity index (χ2n) is 4.61. The molecule has 1 amide bonds. The fourth-order valence-corrected chi connectivity index (χ4v) is 2.79. The summed E-state index contributed by atoms with van der Waals surface area (Å²) in [5.41, 5.74) is 0.0131. The molecule has 0 aliphatic heterocycles. The Hall–Kier alpha value is -2.15. The van der Waals surface area contributed by atoms with Crippen LogP contribution in [0.25, 0.3) is 0 Å². The molecule has 0 spiro atoms. The number of hydrogen-bond donors (Lipinski definition) is 2. The van der Waals surface area contributed by atoms with Crippen LogP contribution in [0.1, 0.15) is 33.6 Å². The van der Waals surface area contributed by atoms with Crippen LogP contribution in [0, 0.1) is 5.92 Å². The van der Waals surface area contributed by atoms with Gasteiger partial charge >= 0.3 is 5.97 Å². The van der Waals surface area contributed by atoms with Crippen molar-refractivity contribution < 1.29 is 19.1 Å². The van der Waals surface area contributed by atoms with Gasteiger partial charge in [0.1, 0.15) is 10.8 Å². The van der Waals surface area contributed by atoms with Gasteiger partial charge in [0.15, 0.2) is 5.69 Å². The van der Waals surface area contributed by atoms with Crippen molar-refractivity contribution in [1.82, 2.24) is 10.3 Å². The first-order valence-electron chi connectivity index (χ1n) is 6.14. The summed E-state index contributed by atoms with van der Waals surface area (Å²) < 4.78 is 5.27. The summed E-state index contributed by atoms with van der Waals surface area (Å²) in [6, 6.07) is 3.68. The molecule has 1 aliphatic rings. The molecule has 0 radical (unpaired) electrons. The van der Waals surface area contributed by atoms with Crippen LogP contribution in [0.2, 0.25) is 0 Å². The van der Waals surface area contributed by atoms with Crippen LogP contribution in [-0.2, 0) is 11.3 Å². The molecule has 2 aromatic heterocycles. The van der Waals surface area contributed by atoms with Crippen molar-refractivity contribution in [3.8, 4) is 0 Å². The minimum absolute atomic E-state index is 0.0131. The third kappa shape index (κ3) is 2.57. The maximum absolute atomic E-state index is 11.9. The van der Waals surface area contributed by atoms with E-state index in [4.69, 9.17) is 9.52 Å². The number of carboxylic acid groups (broad SMARTS) is 1. The smallest absolute Gasteiger partial charge is 0.355 e. The fourth-order valence-electron chi connectivity index (χ4n) is 2.09. The van der Waals surface area contributed by atoms with Gasteiger partial charge in [-0.3, -0.25) is 4.79 Å². The summed E-state index contributed by atoms with van der Waals surface area (Å²) in [6.45, 7) is 0.262. The zero-order chi connectivity index (χ0) is 14.1. The molecule has 2 aromatic rings. The lowest BCUT2D eigenvalue weighted by atomic mass is 10.2. The number of amides is 1. The van der Waals surface area contributed by atoms with Gasteiger partial charge in [-0.05, 0) is 18.6 Å². The van der Waals surface area contributed by atoms with Crippen molar-refractivity contribution in [3.63, 3.8) is 0 Å². The normalized spacial score (nSPS) is 20.6. The summed E-state index contributed by atoms with van der Waals surface area (Å²) >= 11 is 1.23. The van der Waals surface area contributed by atoms with Gasteiger partial charge < -0.3 is 14.8 Å². The Bertz CT molecular complexity index is 635. The van der Waals surface area contributed by atoms with E-state index >= 15 is 0 Å². The first-order valence-corrected chi connectivity index (χ1v) is 7.02. The van der Waals surface area contributed by atoms with Crippen LogP contribution in [0.3, 0.4) is 0 Å². The Labute approximate surface area is 118 Å². The highest BCUT2D eigenvalue weighted by Gasteiger charge is 2.45. The number of thiazole rings is 1. The molecule has 2 N–H and O–H groups in total. The van der Waals surface area contributed by atoms with Crippen LogP contribution in [0.15, 0.2) is 28.2 Å². The number of hydrogen-bond acceptors (Lipinski definition) is 5. The largest absolute Gasteiger partial charge is 0.476 e. The van der Waals surface area contributed by atoms with Gasteiger partial charge in [-0.1, -0.05) is 0 Å². The summed E-state index contributed by atoms with van der Waals surface area (Å²) in [5.74, 6) is -0.152. The third-order valence-corrected chi connectivity index (χ3v) is 4.07. The predicted octanol–water partition coefficient (Wildman–Crippen LogP) is 1.85. The van der Waals surface area contributed by atoms with E-state index in [0.717, 1.165) is 12.2 Å². The second-order valence-corrected chi connectivity index (χ2v) is 5.56. The van der Waals surface area contributed by atoms with Crippen molar-refractivity contribution in [2.45, 2.75) is 18.9 Å². The minimum Gasteiger partial charge on any atom is -0.476 e. The van der Waals surface area contributed by atoms with Gasteiger partial charge in [0.05, 0.1) is 12.8 Å². The maximum atomic E-state index is 11.9. The molecule has 0 saturated heterocycles. The van der Waals surface area contributed by atoms with Crippen LogP contribution in [0.5, 0.6) is 0 Å². The van der Waals surface area contributed by atoms with Gasteiger partial charge in [0, 0.05) is 17.2 Å². The summed E-state index contributed by atoms with van der Waals surface area (Å²) in [4.78, 5) is 26.5. The molecule has 2 heterocycles. The van der Waals surface area contributed by atoms with Gasteiger partial charge in [-0.25, -0.2) is 9.78 Å². The van der Waals surface area contributed by atoms with E-state index in [-0.39, 0.29) is 30.0 Å². The van der Waals surface area contributed by atoms with E-state index in [1.165, 1.54) is 16.7 Å². The second kappa shape index (κ2) is 5.09. The molecule has 0 aromatic carbocycles. The zero-order valence-electron chi connectivity index (χ0n) is 10.4. The first-order chi connectivity index (χ1) is 9.65. The van der Waals surface area contributed by atoms with Crippen LogP contribution < -0.4 is 5.32 Å². The molecule has 1 saturated carbocycles. The topological polar surface area (TPSA) is 92.4 Å². The van der Waals surface area contributed by atoms with Crippen LogP contribution in [0.4, 0.5) is 0 Å². The number of nitrogens with zero attached hydrogens (tertiary/aromatic N) is 1. The minimum atomic E-state index is -1.06. The maximum Gasteiger partial charge on any atom is 0.355 e. The van der Waals surface area contributed by atoms with E-state index in [9.17, 15) is 9.59 Å². The van der Waals surface area contributed by atoms with Crippen molar-refractivity contribution in [3.05, 3.63) is 40.2 Å². The lowest BCUT2D eigenvalue weighted by molar-refractivity contribution is -0.122. The van der Waals surface area contributed by atoms with E-state index in [1.807, 2.05) is 12.1 Å². The predicted molar refractivity (Wildman–Crippen MR) is 70.5 cm³/mol. The average Bonchev–Trinajstić information content (AvgIpc) is 2.89. The van der Waals surface area contributed by atoms with Gasteiger partial charge in [-0.2, -0.15) is 0 Å². The zero-order valence-corrected chi connectivity index (χ0v) is 11.2. The number of aromatic nitrogens is 1. The highest BCUT2D eigenvalue weighted by atomic mass is 32.1. The molecule has 3 rings (SSSR count). The van der Waals surface area contributed by atoms with Crippen molar-refractivity contribution in [2.75, 3.05) is 0 Å². The summed E-state index contributed by atoms with van der Waals surface area (Å²) in [5, 5.41) is 13.6. The average molecular weight is 292 g/mol. The molecule has 2 unspecified atom stereocenters. The monoisotopic (exact) mass is 292 g/mol. The van der Waals surface area contributed by atoms with Crippen molar-refractivity contribution in [1.29, 1.82) is 0 Å². The number of furan rings is 1. The number of carbonyl (C=O) groups excluding carboxylic acids is 1. The molecular weight excluding hydrogens is 280 g/mol. The lowest BCUT2D eigenvalue weighted by Gasteiger charge is -2.01. The Morgan fingerprint density at radius 1 is 1.55 bits per heavy atom. The Balaban J connectivity index is 1.51. The highest BCUT2D eigenvalue weighted by Crippen LogP contribution is 2.47. The highest BCUT2D eigenvalue weighted by molar-refractivity contribution is 7.09. The quantitative estimate of drug-likeness (QED) is 0.877. The van der Waals surface area contributed by atoms with Crippen LogP contribution >= 0.6 is 11.3 Å². The van der Waals surface area contributed by atoms with E-state index in [2.05, 4.69) is 10.3 Å². The van der Waals surface area contributed by atoms with E-state index < -0.39 is 5.97 Å². The van der Waals surface area contributed by atoms with Gasteiger partial charge in [0.2, 0.25) is 5.91 Å². The molecule has 6 nitrogen and oxygen atoms in total. The van der Waals surface area contributed by atoms with E-state index in [1.54, 1.807) is 6.26 Å². The fraction of sp³-hybridized carbons (Fsp3) is 0.308. The third-order valence-electron chi connectivity index (χ3n) is 3.22. The standard InChI is InChI=1S/C13H12N2O4S/c16-12(8-4-7(8)10-2-1-3-19-10)14-5-11-15-9(6-20-11)13(17)18/h1-3,6-8H,4-5H2,(H,14,16)(H,17,18). The molecule has 7 heteroatoms. The number of aromatic carboxylic acids is 1. The SMILES string of the molecule is O=C(O)c1csc(CNC(=O)C2CC2c2ccco2)n1. The molecular formula is C13H12N2O4S. The Kier molecular flexibility index (Phi) is 3.27. The van der Waals surface area contributed by atoms with Gasteiger partial charge in [0.25, 0.3) is 0 Å². The molecule has 0 bridgehead atoms. The van der Waals surface area contributed by atoms with Gasteiger partial charge in [-0.15, -0.1) is 11.3 Å². The molecule has 20 heavy (non-hydrogen) atoms. The molecule has 1 fully saturated rings. The Morgan fingerprint density at radius 2 is 2.40 bits per heavy atom. The number of nitrogens with one attached hydrogen (secondary N) is 1. The molecule has 104 valence electrons. The Morgan fingerprint density at radius 3 is 3.05 bits per heavy atom. The summed E-state index contributed by atoms with van der Waals surface area (Å²) in [7, 11) is 0. The van der Waals surface area contributed by atoms with Crippen molar-refractivity contribution >= 4 is 23.2 Å². The lowest BCUT2D eigenvalue weighted by Crippen LogP contribution is -2.24.